The van der Waals surface area contributed by atoms with E-state index in [4.69, 9.17) is 4.74 Å². The number of hydrogen-bond donors (Lipinski definition) is 2. The summed E-state index contributed by atoms with van der Waals surface area (Å²) in [7, 11) is 1.72. The topological polar surface area (TPSA) is 70.7 Å². The number of carbonyl (C=O) groups excluding carboxylic acids is 2. The molecule has 6 nitrogen and oxygen atoms in total. The van der Waals surface area contributed by atoms with Gasteiger partial charge in [-0.15, -0.1) is 11.8 Å². The molecule has 7 heteroatoms. The van der Waals surface area contributed by atoms with Crippen molar-refractivity contribution < 1.29 is 14.3 Å². The number of rotatable bonds is 6. The Hall–Kier alpha value is -0.790. The molecule has 3 rings (SSSR count). The Balaban J connectivity index is 1.55. The van der Waals surface area contributed by atoms with Crippen molar-refractivity contribution in [2.45, 2.75) is 38.1 Å². The molecule has 1 aliphatic carbocycles. The molecule has 1 unspecified atom stereocenters. The largest absolute Gasteiger partial charge is 0.384 e. The van der Waals surface area contributed by atoms with E-state index in [1.807, 2.05) is 0 Å². The SMILES string of the molecule is COCC1(CNC(=O)C2CSCN2C(=O)C2CCC2)CCNCC1. The van der Waals surface area contributed by atoms with E-state index in [0.717, 1.165) is 45.2 Å². The first-order chi connectivity index (χ1) is 11.7. The van der Waals surface area contributed by atoms with E-state index in [-0.39, 0.29) is 29.2 Å². The van der Waals surface area contributed by atoms with Gasteiger partial charge in [0.25, 0.3) is 0 Å². The van der Waals surface area contributed by atoms with Crippen LogP contribution in [0.15, 0.2) is 0 Å². The standard InChI is InChI=1S/C17H29N3O3S/c1-23-11-17(5-7-18-8-6-17)10-19-15(21)14-9-24-12-20(14)16(22)13-3-2-4-13/h13-14,18H,2-12H2,1H3,(H,19,21). The van der Waals surface area contributed by atoms with Crippen molar-refractivity contribution in [2.75, 3.05) is 45.0 Å². The molecule has 136 valence electrons. The lowest BCUT2D eigenvalue weighted by atomic mass is 9.79. The van der Waals surface area contributed by atoms with Gasteiger partial charge < -0.3 is 20.3 Å². The molecule has 1 atom stereocenters. The van der Waals surface area contributed by atoms with Crippen LogP contribution in [-0.2, 0) is 14.3 Å². The number of methoxy groups -OCH3 is 1. The summed E-state index contributed by atoms with van der Waals surface area (Å²) in [6.07, 6.45) is 5.12. The van der Waals surface area contributed by atoms with Crippen LogP contribution < -0.4 is 10.6 Å². The molecule has 2 heterocycles. The second kappa shape index (κ2) is 8.06. The van der Waals surface area contributed by atoms with Gasteiger partial charge in [-0.3, -0.25) is 9.59 Å². The first-order valence-electron chi connectivity index (χ1n) is 9.01. The van der Waals surface area contributed by atoms with Crippen molar-refractivity contribution >= 4 is 23.6 Å². The lowest BCUT2D eigenvalue weighted by molar-refractivity contribution is -0.143. The molecule has 0 radical (unpaired) electrons. The summed E-state index contributed by atoms with van der Waals surface area (Å²) < 4.78 is 5.41. The molecular formula is C17H29N3O3S. The fourth-order valence-electron chi connectivity index (χ4n) is 3.79. The van der Waals surface area contributed by atoms with Crippen molar-refractivity contribution in [2.24, 2.45) is 11.3 Å². The molecule has 3 fully saturated rings. The number of nitrogens with zero attached hydrogens (tertiary/aromatic N) is 1. The Morgan fingerprint density at radius 1 is 1.33 bits per heavy atom. The highest BCUT2D eigenvalue weighted by Gasteiger charge is 2.40. The number of carbonyl (C=O) groups is 2. The van der Waals surface area contributed by atoms with E-state index in [9.17, 15) is 9.59 Å². The minimum atomic E-state index is -0.301. The summed E-state index contributed by atoms with van der Waals surface area (Å²) in [6.45, 7) is 3.22. The van der Waals surface area contributed by atoms with Crippen LogP contribution in [0.2, 0.25) is 0 Å². The summed E-state index contributed by atoms with van der Waals surface area (Å²) in [5.41, 5.74) is 0.0181. The molecule has 0 spiro atoms. The van der Waals surface area contributed by atoms with Crippen LogP contribution in [0.4, 0.5) is 0 Å². The number of nitrogens with one attached hydrogen (secondary N) is 2. The number of amides is 2. The van der Waals surface area contributed by atoms with E-state index >= 15 is 0 Å². The van der Waals surface area contributed by atoms with Gasteiger partial charge in [0.1, 0.15) is 6.04 Å². The monoisotopic (exact) mass is 355 g/mol. The summed E-state index contributed by atoms with van der Waals surface area (Å²) in [5.74, 6) is 1.70. The Labute approximate surface area is 148 Å². The number of ether oxygens (including phenoxy) is 1. The van der Waals surface area contributed by atoms with Crippen molar-refractivity contribution in [3.63, 3.8) is 0 Å². The average Bonchev–Trinajstić information content (AvgIpc) is 3.02. The molecule has 0 aromatic carbocycles. The van der Waals surface area contributed by atoms with Crippen molar-refractivity contribution in [3.8, 4) is 0 Å². The maximum Gasteiger partial charge on any atom is 0.243 e. The zero-order valence-electron chi connectivity index (χ0n) is 14.5. The molecule has 3 aliphatic rings. The third-order valence-electron chi connectivity index (χ3n) is 5.67. The van der Waals surface area contributed by atoms with Crippen LogP contribution >= 0.6 is 11.8 Å². The first kappa shape index (κ1) is 18.0. The van der Waals surface area contributed by atoms with Gasteiger partial charge in [0.2, 0.25) is 11.8 Å². The summed E-state index contributed by atoms with van der Waals surface area (Å²) in [6, 6.07) is -0.301. The van der Waals surface area contributed by atoms with Crippen LogP contribution in [-0.4, -0.2) is 67.7 Å². The molecule has 0 aromatic rings. The van der Waals surface area contributed by atoms with Crippen LogP contribution in [0.25, 0.3) is 0 Å². The highest BCUT2D eigenvalue weighted by atomic mass is 32.2. The molecule has 2 saturated heterocycles. The van der Waals surface area contributed by atoms with Crippen LogP contribution in [0.3, 0.4) is 0 Å². The van der Waals surface area contributed by atoms with Gasteiger partial charge in [-0.25, -0.2) is 0 Å². The Morgan fingerprint density at radius 3 is 2.71 bits per heavy atom. The van der Waals surface area contributed by atoms with Gasteiger partial charge in [-0.1, -0.05) is 6.42 Å². The van der Waals surface area contributed by atoms with Crippen molar-refractivity contribution in [1.82, 2.24) is 15.5 Å². The minimum absolute atomic E-state index is 0.00156. The molecule has 0 aromatic heterocycles. The average molecular weight is 356 g/mol. The zero-order chi connectivity index (χ0) is 17.0. The fraction of sp³-hybridized carbons (Fsp3) is 0.882. The normalized spacial score (nSPS) is 26.9. The fourth-order valence-corrected chi connectivity index (χ4v) is 4.96. The molecule has 2 N–H and O–H groups in total. The third kappa shape index (κ3) is 3.89. The molecule has 0 bridgehead atoms. The molecule has 2 amide bonds. The Kier molecular flexibility index (Phi) is 6.05. The summed E-state index contributed by atoms with van der Waals surface area (Å²) in [4.78, 5) is 27.0. The maximum atomic E-state index is 12.7. The van der Waals surface area contributed by atoms with Gasteiger partial charge in [-0.2, -0.15) is 0 Å². The Bertz CT molecular complexity index is 458. The second-order valence-corrected chi connectivity index (χ2v) is 8.35. The molecule has 2 aliphatic heterocycles. The molecule has 24 heavy (non-hydrogen) atoms. The highest BCUT2D eigenvalue weighted by molar-refractivity contribution is 7.99. The van der Waals surface area contributed by atoms with Crippen molar-refractivity contribution in [3.05, 3.63) is 0 Å². The van der Waals surface area contributed by atoms with Crippen LogP contribution in [0, 0.1) is 11.3 Å². The lowest BCUT2D eigenvalue weighted by Gasteiger charge is -2.38. The van der Waals surface area contributed by atoms with E-state index < -0.39 is 0 Å². The number of piperidine rings is 1. The quantitative estimate of drug-likeness (QED) is 0.738. The van der Waals surface area contributed by atoms with E-state index in [2.05, 4.69) is 10.6 Å². The van der Waals surface area contributed by atoms with Crippen molar-refractivity contribution in [1.29, 1.82) is 0 Å². The molecular weight excluding hydrogens is 326 g/mol. The molecule has 1 saturated carbocycles. The van der Waals surface area contributed by atoms with Crippen LogP contribution in [0.1, 0.15) is 32.1 Å². The third-order valence-corrected chi connectivity index (χ3v) is 6.69. The first-order valence-corrected chi connectivity index (χ1v) is 10.2. The number of thioether (sulfide) groups is 1. The maximum absolute atomic E-state index is 12.7. The van der Waals surface area contributed by atoms with Gasteiger partial charge in [-0.05, 0) is 38.8 Å². The lowest BCUT2D eigenvalue weighted by Crippen LogP contribution is -2.53. The smallest absolute Gasteiger partial charge is 0.243 e. The minimum Gasteiger partial charge on any atom is -0.384 e. The predicted molar refractivity (Wildman–Crippen MR) is 94.7 cm³/mol. The summed E-state index contributed by atoms with van der Waals surface area (Å²) in [5, 5.41) is 6.49. The van der Waals surface area contributed by atoms with Gasteiger partial charge in [0.15, 0.2) is 0 Å². The van der Waals surface area contributed by atoms with Gasteiger partial charge in [0.05, 0.1) is 12.5 Å². The Morgan fingerprint density at radius 2 is 2.08 bits per heavy atom. The van der Waals surface area contributed by atoms with E-state index in [0.29, 0.717) is 24.8 Å². The summed E-state index contributed by atoms with van der Waals surface area (Å²) >= 11 is 1.68. The van der Waals surface area contributed by atoms with E-state index in [1.54, 1.807) is 23.8 Å². The van der Waals surface area contributed by atoms with Crippen LogP contribution in [0.5, 0.6) is 0 Å². The van der Waals surface area contributed by atoms with E-state index in [1.165, 1.54) is 0 Å². The van der Waals surface area contributed by atoms with Gasteiger partial charge in [0, 0.05) is 30.7 Å². The second-order valence-electron chi connectivity index (χ2n) is 7.35. The number of hydrogen-bond acceptors (Lipinski definition) is 5. The predicted octanol–water partition coefficient (Wildman–Crippen LogP) is 0.820. The van der Waals surface area contributed by atoms with Gasteiger partial charge >= 0.3 is 0 Å². The zero-order valence-corrected chi connectivity index (χ0v) is 15.3. The highest BCUT2D eigenvalue weighted by Crippen LogP contribution is 2.32.